The maximum atomic E-state index is 6.78. The number of furan rings is 1. The summed E-state index contributed by atoms with van der Waals surface area (Å²) in [6.45, 7) is 0. The van der Waals surface area contributed by atoms with E-state index in [1.54, 1.807) is 0 Å². The van der Waals surface area contributed by atoms with Gasteiger partial charge in [-0.05, 0) is 95.4 Å². The average molecular weight is 810 g/mol. The van der Waals surface area contributed by atoms with Gasteiger partial charge in [-0.3, -0.25) is 9.55 Å². The summed E-state index contributed by atoms with van der Waals surface area (Å²) in [5, 5.41) is 5.73. The second kappa shape index (κ2) is 14.9. The van der Waals surface area contributed by atoms with Crippen molar-refractivity contribution in [2.75, 3.05) is 0 Å². The van der Waals surface area contributed by atoms with Crippen LogP contribution in [0.15, 0.2) is 222 Å². The predicted octanol–water partition coefficient (Wildman–Crippen LogP) is 14.0. The number of allylic oxidation sites excluding steroid dienone is 1. The largest absolute Gasteiger partial charge is 0.454 e. The molecule has 0 aliphatic rings. The molecule has 0 fully saturated rings. The molecule has 0 aliphatic heterocycles. The Kier molecular flexibility index (Phi) is 8.61. The second-order valence-electron chi connectivity index (χ2n) is 16.0. The fraction of sp³-hybridized carbons (Fsp3) is 0.0175. The number of nitrogens with two attached hydrogens (primary N) is 1. The number of hydrogen-bond donors (Lipinski definition) is 1. The van der Waals surface area contributed by atoms with E-state index in [1.807, 2.05) is 66.9 Å². The van der Waals surface area contributed by atoms with Crippen molar-refractivity contribution in [3.8, 4) is 27.9 Å². The highest BCUT2D eigenvalue weighted by atomic mass is 16.3. The number of pyridine rings is 1. The van der Waals surface area contributed by atoms with Gasteiger partial charge in [-0.25, -0.2) is 4.99 Å². The van der Waals surface area contributed by atoms with E-state index in [0.29, 0.717) is 12.3 Å². The first-order valence-electron chi connectivity index (χ1n) is 21.2. The highest BCUT2D eigenvalue weighted by Gasteiger charge is 2.18. The van der Waals surface area contributed by atoms with Crippen molar-refractivity contribution in [3.05, 3.63) is 224 Å². The van der Waals surface area contributed by atoms with Crippen molar-refractivity contribution in [1.29, 1.82) is 0 Å². The van der Waals surface area contributed by atoms with Crippen molar-refractivity contribution in [2.45, 2.75) is 6.42 Å². The van der Waals surface area contributed by atoms with E-state index in [-0.39, 0.29) is 0 Å². The SMILES string of the molecule is N/C(=N\C(=C/Cc1ccccc1)n1c2ccccc2c2ccc(-c3ccc4c(c3)c3ccccc3n4-c3ccc(-c4ccnc5c4oc4ccccc45)cc3)cc21)c1ccccc1. The quantitative estimate of drug-likeness (QED) is 0.123. The van der Waals surface area contributed by atoms with Crippen molar-refractivity contribution >= 4 is 77.3 Å². The molecule has 12 rings (SSSR count). The van der Waals surface area contributed by atoms with Crippen LogP contribution in [-0.4, -0.2) is 20.0 Å². The van der Waals surface area contributed by atoms with Gasteiger partial charge in [-0.1, -0.05) is 140 Å². The smallest absolute Gasteiger partial charge is 0.161 e. The van der Waals surface area contributed by atoms with Crippen molar-refractivity contribution in [1.82, 2.24) is 14.1 Å². The van der Waals surface area contributed by atoms with Crippen LogP contribution < -0.4 is 5.73 Å². The monoisotopic (exact) mass is 809 g/mol. The molecule has 0 aliphatic carbocycles. The summed E-state index contributed by atoms with van der Waals surface area (Å²) in [5.74, 6) is 1.24. The molecule has 12 aromatic rings. The molecular weight excluding hydrogens is 771 g/mol. The Morgan fingerprint density at radius 1 is 0.540 bits per heavy atom. The first kappa shape index (κ1) is 36.4. The Morgan fingerprint density at radius 2 is 1.16 bits per heavy atom. The molecule has 0 amide bonds. The maximum Gasteiger partial charge on any atom is 0.161 e. The summed E-state index contributed by atoms with van der Waals surface area (Å²) in [6, 6.07) is 70.2. The van der Waals surface area contributed by atoms with Gasteiger partial charge in [0.25, 0.3) is 0 Å². The van der Waals surface area contributed by atoms with Crippen LogP contribution in [0.2, 0.25) is 0 Å². The highest BCUT2D eigenvalue weighted by molar-refractivity contribution is 6.13. The average Bonchev–Trinajstić information content (AvgIpc) is 4.01. The molecule has 0 saturated carbocycles. The minimum Gasteiger partial charge on any atom is -0.454 e. The van der Waals surface area contributed by atoms with Gasteiger partial charge in [0.1, 0.15) is 22.8 Å². The zero-order valence-corrected chi connectivity index (χ0v) is 34.2. The standard InChI is InChI=1S/C57H39N5O/c58-57(39-15-5-2-6-16-39)60-54(32-23-37-13-3-1-4-14-37)62-50-21-11-7-17-44(50)46-30-26-41(36-52(46)62)40-27-31-51-48(35-40)45-18-8-10-20-49(45)61(51)42-28-24-38(25-29-42)43-33-34-59-55-47-19-9-12-22-53(47)63-56(43)55/h1-22,24-36H,23H2,(H2,58,60)/b54-32+. The van der Waals surface area contributed by atoms with Crippen LogP contribution in [0.1, 0.15) is 11.1 Å². The molecule has 298 valence electrons. The van der Waals surface area contributed by atoms with Crippen LogP contribution in [0, 0.1) is 0 Å². The van der Waals surface area contributed by atoms with Gasteiger partial charge in [-0.15, -0.1) is 0 Å². The van der Waals surface area contributed by atoms with Gasteiger partial charge in [0.2, 0.25) is 0 Å². The van der Waals surface area contributed by atoms with Gasteiger partial charge in [0.05, 0.1) is 22.1 Å². The van der Waals surface area contributed by atoms with Crippen LogP contribution in [0.4, 0.5) is 0 Å². The van der Waals surface area contributed by atoms with Gasteiger partial charge in [-0.2, -0.15) is 0 Å². The van der Waals surface area contributed by atoms with Gasteiger partial charge in [0.15, 0.2) is 5.58 Å². The first-order valence-corrected chi connectivity index (χ1v) is 21.2. The summed E-state index contributed by atoms with van der Waals surface area (Å²) in [4.78, 5) is 9.84. The number of hydrogen-bond acceptors (Lipinski definition) is 3. The Bertz CT molecular complexity index is 3760. The lowest BCUT2D eigenvalue weighted by Crippen LogP contribution is -2.14. The van der Waals surface area contributed by atoms with Crippen molar-refractivity contribution in [3.63, 3.8) is 0 Å². The Morgan fingerprint density at radius 3 is 1.97 bits per heavy atom. The summed E-state index contributed by atoms with van der Waals surface area (Å²) >= 11 is 0. The molecule has 4 heterocycles. The van der Waals surface area contributed by atoms with Crippen LogP contribution in [0.25, 0.3) is 99.4 Å². The minimum absolute atomic E-state index is 0.467. The van der Waals surface area contributed by atoms with E-state index >= 15 is 0 Å². The molecule has 0 atom stereocenters. The molecule has 0 bridgehead atoms. The normalized spacial score (nSPS) is 12.4. The molecule has 6 heteroatoms. The molecule has 0 radical (unpaired) electrons. The number of aromatic nitrogens is 3. The number of para-hydroxylation sites is 3. The third-order valence-corrected chi connectivity index (χ3v) is 12.3. The van der Waals surface area contributed by atoms with E-state index in [9.17, 15) is 0 Å². The van der Waals surface area contributed by atoms with Crippen LogP contribution in [0.3, 0.4) is 0 Å². The van der Waals surface area contributed by atoms with Gasteiger partial charge >= 0.3 is 0 Å². The highest BCUT2D eigenvalue weighted by Crippen LogP contribution is 2.40. The maximum absolute atomic E-state index is 6.78. The zero-order chi connectivity index (χ0) is 41.9. The lowest BCUT2D eigenvalue weighted by molar-refractivity contribution is 0.669. The molecule has 0 saturated heterocycles. The molecule has 6 nitrogen and oxygen atoms in total. The number of nitrogens with zero attached hydrogens (tertiary/aromatic N) is 4. The fourth-order valence-electron chi connectivity index (χ4n) is 9.26. The molecule has 63 heavy (non-hydrogen) atoms. The number of aliphatic imine (C=N–C) groups is 1. The topological polar surface area (TPSA) is 74.3 Å². The third kappa shape index (κ3) is 6.19. The summed E-state index contributed by atoms with van der Waals surface area (Å²) in [6.07, 6.45) is 4.76. The minimum atomic E-state index is 0.467. The zero-order valence-electron chi connectivity index (χ0n) is 34.2. The molecule has 0 unspecified atom stereocenters. The molecule has 0 spiro atoms. The Labute approximate surface area is 363 Å². The number of amidine groups is 1. The summed E-state index contributed by atoms with van der Waals surface area (Å²) in [5.41, 5.74) is 21.3. The number of fused-ring (bicyclic) bond motifs is 9. The lowest BCUT2D eigenvalue weighted by atomic mass is 10.0. The number of rotatable bonds is 8. The Balaban J connectivity index is 0.978. The van der Waals surface area contributed by atoms with Crippen LogP contribution in [0.5, 0.6) is 0 Å². The van der Waals surface area contributed by atoms with Crippen LogP contribution >= 0.6 is 0 Å². The molecule has 8 aromatic carbocycles. The van der Waals surface area contributed by atoms with Gasteiger partial charge < -0.3 is 14.7 Å². The molecule has 4 aromatic heterocycles. The van der Waals surface area contributed by atoms with E-state index in [0.717, 1.165) is 94.2 Å². The lowest BCUT2D eigenvalue weighted by Gasteiger charge is -2.12. The van der Waals surface area contributed by atoms with E-state index < -0.39 is 0 Å². The van der Waals surface area contributed by atoms with Crippen molar-refractivity contribution in [2.24, 2.45) is 10.7 Å². The van der Waals surface area contributed by atoms with E-state index in [4.69, 9.17) is 15.1 Å². The predicted molar refractivity (Wildman–Crippen MR) is 261 cm³/mol. The van der Waals surface area contributed by atoms with E-state index in [2.05, 4.69) is 160 Å². The molecule has 2 N–H and O–H groups in total. The molecular formula is C57H39N5O. The Hall–Kier alpha value is -8.48. The first-order chi connectivity index (χ1) is 31.2. The van der Waals surface area contributed by atoms with E-state index in [1.165, 1.54) is 16.3 Å². The second-order valence-corrected chi connectivity index (χ2v) is 16.0. The van der Waals surface area contributed by atoms with Gasteiger partial charge in [0, 0.05) is 49.9 Å². The van der Waals surface area contributed by atoms with Crippen LogP contribution in [-0.2, 0) is 6.42 Å². The number of benzene rings is 8. The summed E-state index contributed by atoms with van der Waals surface area (Å²) < 4.78 is 11.0. The third-order valence-electron chi connectivity index (χ3n) is 12.3. The fourth-order valence-corrected chi connectivity index (χ4v) is 9.26. The summed E-state index contributed by atoms with van der Waals surface area (Å²) in [7, 11) is 0. The van der Waals surface area contributed by atoms with Crippen molar-refractivity contribution < 1.29 is 4.42 Å².